The summed E-state index contributed by atoms with van der Waals surface area (Å²) in [5, 5.41) is 0. The van der Waals surface area contributed by atoms with E-state index < -0.39 is 10.0 Å². The fourth-order valence-electron chi connectivity index (χ4n) is 4.27. The van der Waals surface area contributed by atoms with Gasteiger partial charge in [-0.2, -0.15) is 4.31 Å². The minimum absolute atomic E-state index is 0.0420. The number of piperazine rings is 1. The van der Waals surface area contributed by atoms with Crippen molar-refractivity contribution >= 4 is 27.0 Å². The number of aromatic nitrogens is 2. The minimum atomic E-state index is -3.35. The normalized spacial score (nSPS) is 15.3. The van der Waals surface area contributed by atoms with Crippen molar-refractivity contribution in [3.8, 4) is 0 Å². The molecule has 1 aromatic heterocycles. The van der Waals surface area contributed by atoms with Crippen LogP contribution in [0.15, 0.2) is 84.9 Å². The third-order valence-corrected chi connectivity index (χ3v) is 7.77. The highest BCUT2D eigenvalue weighted by molar-refractivity contribution is 7.88. The third kappa shape index (κ3) is 4.26. The lowest BCUT2D eigenvalue weighted by molar-refractivity contribution is 0.381. The molecule has 164 valence electrons. The number of benzene rings is 3. The monoisotopic (exact) mass is 446 g/mol. The van der Waals surface area contributed by atoms with E-state index in [4.69, 9.17) is 4.98 Å². The summed E-state index contributed by atoms with van der Waals surface area (Å²) in [7, 11) is -3.35. The van der Waals surface area contributed by atoms with E-state index in [2.05, 4.69) is 27.7 Å². The molecule has 1 saturated heterocycles. The zero-order chi connectivity index (χ0) is 22.0. The highest BCUT2D eigenvalue weighted by Gasteiger charge is 2.29. The fraction of sp³-hybridized carbons (Fsp3) is 0.240. The van der Waals surface area contributed by atoms with Crippen LogP contribution in [0.3, 0.4) is 0 Å². The highest BCUT2D eigenvalue weighted by Crippen LogP contribution is 2.26. The molecule has 4 aromatic rings. The first-order valence-electron chi connectivity index (χ1n) is 10.9. The van der Waals surface area contributed by atoms with Gasteiger partial charge in [0.15, 0.2) is 0 Å². The predicted molar refractivity (Wildman–Crippen MR) is 128 cm³/mol. The lowest BCUT2D eigenvalue weighted by Crippen LogP contribution is -2.49. The van der Waals surface area contributed by atoms with Gasteiger partial charge in [-0.05, 0) is 23.3 Å². The molecule has 7 heteroatoms. The van der Waals surface area contributed by atoms with Crippen molar-refractivity contribution in [3.63, 3.8) is 0 Å². The number of nitrogens with zero attached hydrogens (tertiary/aromatic N) is 4. The lowest BCUT2D eigenvalue weighted by atomic mass is 10.2. The molecule has 0 amide bonds. The zero-order valence-electron chi connectivity index (χ0n) is 17.8. The van der Waals surface area contributed by atoms with Crippen LogP contribution in [0.2, 0.25) is 0 Å². The van der Waals surface area contributed by atoms with Gasteiger partial charge in [0.2, 0.25) is 16.0 Å². The van der Waals surface area contributed by atoms with Crippen LogP contribution in [-0.4, -0.2) is 48.5 Å². The molecule has 0 spiro atoms. The molecule has 0 N–H and O–H groups in total. The number of imidazole rings is 1. The Morgan fingerprint density at radius 1 is 0.719 bits per heavy atom. The van der Waals surface area contributed by atoms with Crippen LogP contribution in [0.1, 0.15) is 11.1 Å². The molecule has 3 aromatic carbocycles. The van der Waals surface area contributed by atoms with Crippen molar-refractivity contribution in [2.75, 3.05) is 31.1 Å². The van der Waals surface area contributed by atoms with E-state index in [1.165, 1.54) is 5.56 Å². The second-order valence-electron chi connectivity index (χ2n) is 8.10. The second kappa shape index (κ2) is 8.76. The van der Waals surface area contributed by atoms with Gasteiger partial charge in [-0.1, -0.05) is 72.8 Å². The molecule has 1 fully saturated rings. The van der Waals surface area contributed by atoms with Crippen LogP contribution >= 0.6 is 0 Å². The molecule has 0 atom stereocenters. The molecule has 0 aliphatic carbocycles. The molecular formula is C25H26N4O2S. The molecule has 1 aliphatic heterocycles. The van der Waals surface area contributed by atoms with E-state index in [0.717, 1.165) is 29.1 Å². The van der Waals surface area contributed by atoms with Gasteiger partial charge in [-0.15, -0.1) is 0 Å². The number of rotatable bonds is 6. The van der Waals surface area contributed by atoms with Crippen LogP contribution in [0.4, 0.5) is 5.95 Å². The zero-order valence-corrected chi connectivity index (χ0v) is 18.7. The average Bonchev–Trinajstić information content (AvgIpc) is 3.19. The number of hydrogen-bond donors (Lipinski definition) is 0. The van der Waals surface area contributed by atoms with Gasteiger partial charge in [0.05, 0.1) is 23.3 Å². The van der Waals surface area contributed by atoms with Crippen LogP contribution in [0.5, 0.6) is 0 Å². The summed E-state index contributed by atoms with van der Waals surface area (Å²) >= 11 is 0. The second-order valence-corrected chi connectivity index (χ2v) is 10.1. The van der Waals surface area contributed by atoms with E-state index in [1.807, 2.05) is 66.7 Å². The Morgan fingerprint density at radius 2 is 1.31 bits per heavy atom. The maximum absolute atomic E-state index is 12.9. The van der Waals surface area contributed by atoms with Gasteiger partial charge in [0.1, 0.15) is 0 Å². The first-order valence-corrected chi connectivity index (χ1v) is 12.5. The lowest BCUT2D eigenvalue weighted by Gasteiger charge is -2.35. The van der Waals surface area contributed by atoms with E-state index >= 15 is 0 Å². The summed E-state index contributed by atoms with van der Waals surface area (Å²) in [6.07, 6.45) is 0. The number of para-hydroxylation sites is 2. The standard InChI is InChI=1S/C25H26N4O2S/c30-32(31,20-22-11-5-2-6-12-22)28-17-15-27(16-18-28)25-26-23-13-7-8-14-24(23)29(25)19-21-9-3-1-4-10-21/h1-14H,15-20H2. The quantitative estimate of drug-likeness (QED) is 0.453. The SMILES string of the molecule is O=S(=O)(Cc1ccccc1)N1CCN(c2nc3ccccc3n2Cc2ccccc2)CC1. The third-order valence-electron chi connectivity index (χ3n) is 5.92. The summed E-state index contributed by atoms with van der Waals surface area (Å²) in [6, 6.07) is 27.9. The smallest absolute Gasteiger partial charge is 0.218 e. The summed E-state index contributed by atoms with van der Waals surface area (Å²) < 4.78 is 29.7. The Kier molecular flexibility index (Phi) is 5.68. The summed E-state index contributed by atoms with van der Waals surface area (Å²) in [4.78, 5) is 7.11. The summed E-state index contributed by atoms with van der Waals surface area (Å²) in [5.74, 6) is 0.940. The molecular weight excluding hydrogens is 420 g/mol. The molecule has 0 bridgehead atoms. The summed E-state index contributed by atoms with van der Waals surface area (Å²) in [5.41, 5.74) is 4.07. The van der Waals surface area contributed by atoms with E-state index in [9.17, 15) is 8.42 Å². The molecule has 2 heterocycles. The minimum Gasteiger partial charge on any atom is -0.340 e. The molecule has 0 unspecified atom stereocenters. The number of anilines is 1. The summed E-state index contributed by atoms with van der Waals surface area (Å²) in [6.45, 7) is 2.88. The molecule has 5 rings (SSSR count). The van der Waals surface area contributed by atoms with Crippen LogP contribution in [-0.2, 0) is 22.3 Å². The van der Waals surface area contributed by atoms with Crippen molar-refractivity contribution in [1.29, 1.82) is 0 Å². The Hall–Kier alpha value is -3.16. The van der Waals surface area contributed by atoms with Gasteiger partial charge < -0.3 is 9.47 Å². The maximum atomic E-state index is 12.9. The van der Waals surface area contributed by atoms with Crippen molar-refractivity contribution in [2.24, 2.45) is 0 Å². The average molecular weight is 447 g/mol. The van der Waals surface area contributed by atoms with Gasteiger partial charge in [0.25, 0.3) is 0 Å². The maximum Gasteiger partial charge on any atom is 0.218 e. The molecule has 0 radical (unpaired) electrons. The first-order chi connectivity index (χ1) is 15.6. The fourth-order valence-corrected chi connectivity index (χ4v) is 5.78. The first kappa shape index (κ1) is 20.7. The Balaban J connectivity index is 1.36. The molecule has 32 heavy (non-hydrogen) atoms. The molecule has 6 nitrogen and oxygen atoms in total. The van der Waals surface area contributed by atoms with Gasteiger partial charge in [-0.25, -0.2) is 13.4 Å². The van der Waals surface area contributed by atoms with E-state index in [1.54, 1.807) is 4.31 Å². The van der Waals surface area contributed by atoms with Crippen LogP contribution in [0.25, 0.3) is 11.0 Å². The van der Waals surface area contributed by atoms with Crippen LogP contribution in [0, 0.1) is 0 Å². The Bertz CT molecular complexity index is 1300. The number of hydrogen-bond acceptors (Lipinski definition) is 4. The van der Waals surface area contributed by atoms with Crippen LogP contribution < -0.4 is 4.90 Å². The number of sulfonamides is 1. The molecule has 1 aliphatic rings. The largest absolute Gasteiger partial charge is 0.340 e. The van der Waals surface area contributed by atoms with Gasteiger partial charge >= 0.3 is 0 Å². The number of fused-ring (bicyclic) bond motifs is 1. The van der Waals surface area contributed by atoms with Crippen molar-refractivity contribution in [3.05, 3.63) is 96.1 Å². The van der Waals surface area contributed by atoms with E-state index in [0.29, 0.717) is 26.2 Å². The van der Waals surface area contributed by atoms with E-state index in [-0.39, 0.29) is 5.75 Å². The van der Waals surface area contributed by atoms with Gasteiger partial charge in [0, 0.05) is 26.2 Å². The van der Waals surface area contributed by atoms with Gasteiger partial charge in [-0.3, -0.25) is 0 Å². The molecule has 0 saturated carbocycles. The highest BCUT2D eigenvalue weighted by atomic mass is 32.2. The topological polar surface area (TPSA) is 58.4 Å². The Morgan fingerprint density at radius 3 is 2.00 bits per heavy atom. The predicted octanol–water partition coefficient (Wildman–Crippen LogP) is 3.74. The van der Waals surface area contributed by atoms with Crippen molar-refractivity contribution in [2.45, 2.75) is 12.3 Å². The Labute approximate surface area is 188 Å². The van der Waals surface area contributed by atoms with Crippen molar-refractivity contribution in [1.82, 2.24) is 13.9 Å². The van der Waals surface area contributed by atoms with Crippen molar-refractivity contribution < 1.29 is 8.42 Å².